The fourth-order valence-electron chi connectivity index (χ4n) is 4.70. The number of aryl methyl sites for hydroxylation is 1. The van der Waals surface area contributed by atoms with E-state index in [2.05, 4.69) is 10.6 Å². The number of likely N-dealkylation sites (N-methyl/N-ethyl adjacent to an activating group) is 1. The topological polar surface area (TPSA) is 78.5 Å². The van der Waals surface area contributed by atoms with Gasteiger partial charge >= 0.3 is 12.4 Å². The second-order valence-electron chi connectivity index (χ2n) is 10.2. The molecule has 2 atom stereocenters. The lowest BCUT2D eigenvalue weighted by molar-refractivity contribution is -0.143. The molecule has 0 aliphatic carbocycles. The Morgan fingerprint density at radius 3 is 2.23 bits per heavy atom. The number of hydrogen-bond donors (Lipinski definition) is 2. The van der Waals surface area contributed by atoms with Crippen molar-refractivity contribution in [3.05, 3.63) is 112 Å². The SMILES string of the molecule is CN(C(=O)c1cc(C(F)(F)F)cc(C(F)(F)F)c1)C(C=CC(=O)NC1CCc2ccccc2NC1=O)Cc1ccc(Cl)cc1. The summed E-state index contributed by atoms with van der Waals surface area (Å²) in [5, 5.41) is 5.78. The van der Waals surface area contributed by atoms with Crippen molar-refractivity contribution >= 4 is 35.0 Å². The van der Waals surface area contributed by atoms with Crippen LogP contribution in [0.5, 0.6) is 0 Å². The first-order valence-electron chi connectivity index (χ1n) is 13.3. The zero-order chi connectivity index (χ0) is 32.2. The molecule has 0 saturated carbocycles. The molecule has 2 unspecified atom stereocenters. The molecule has 0 saturated heterocycles. The molecule has 2 N–H and O–H groups in total. The van der Waals surface area contributed by atoms with Crippen molar-refractivity contribution in [3.63, 3.8) is 0 Å². The number of carbonyl (C=O) groups excluding carboxylic acids is 3. The predicted octanol–water partition coefficient (Wildman–Crippen LogP) is 6.69. The van der Waals surface area contributed by atoms with Gasteiger partial charge in [-0.25, -0.2) is 0 Å². The molecule has 0 fully saturated rings. The van der Waals surface area contributed by atoms with Gasteiger partial charge in [0, 0.05) is 29.4 Å². The number of hydrogen-bond acceptors (Lipinski definition) is 3. The molecule has 0 radical (unpaired) electrons. The Kier molecular flexibility index (Phi) is 9.72. The molecule has 0 bridgehead atoms. The highest BCUT2D eigenvalue weighted by Crippen LogP contribution is 2.36. The van der Waals surface area contributed by atoms with Gasteiger partial charge in [-0.2, -0.15) is 26.3 Å². The van der Waals surface area contributed by atoms with E-state index in [1.807, 2.05) is 12.1 Å². The second-order valence-corrected chi connectivity index (χ2v) is 10.7. The number of nitrogens with one attached hydrogen (secondary N) is 2. The van der Waals surface area contributed by atoms with Gasteiger partial charge in [-0.3, -0.25) is 14.4 Å². The molecule has 1 heterocycles. The number of rotatable bonds is 7. The number of fused-ring (bicyclic) bond motifs is 1. The molecule has 1 aliphatic heterocycles. The highest BCUT2D eigenvalue weighted by Gasteiger charge is 2.38. The largest absolute Gasteiger partial charge is 0.416 e. The van der Waals surface area contributed by atoms with Gasteiger partial charge in [-0.05, 0) is 66.8 Å². The molecule has 0 spiro atoms. The summed E-state index contributed by atoms with van der Waals surface area (Å²) in [7, 11) is 1.20. The van der Waals surface area contributed by atoms with E-state index in [9.17, 15) is 40.7 Å². The Morgan fingerprint density at radius 2 is 1.61 bits per heavy atom. The van der Waals surface area contributed by atoms with Crippen LogP contribution in [0.4, 0.5) is 32.0 Å². The molecule has 44 heavy (non-hydrogen) atoms. The summed E-state index contributed by atoms with van der Waals surface area (Å²) in [5.41, 5.74) is -1.93. The summed E-state index contributed by atoms with van der Waals surface area (Å²) in [5.74, 6) is -2.24. The van der Waals surface area contributed by atoms with Gasteiger partial charge in [-0.15, -0.1) is 0 Å². The average molecular weight is 638 g/mol. The first-order chi connectivity index (χ1) is 20.6. The van der Waals surface area contributed by atoms with E-state index in [1.165, 1.54) is 13.1 Å². The minimum Gasteiger partial charge on any atom is -0.341 e. The Hall–Kier alpha value is -4.32. The van der Waals surface area contributed by atoms with Crippen molar-refractivity contribution in [2.75, 3.05) is 12.4 Å². The lowest BCUT2D eigenvalue weighted by Crippen LogP contribution is -2.43. The molecule has 3 aromatic rings. The maximum atomic E-state index is 13.4. The van der Waals surface area contributed by atoms with Crippen LogP contribution in [-0.2, 0) is 34.8 Å². The molecule has 3 amide bonds. The number of nitrogens with zero attached hydrogens (tertiary/aromatic N) is 1. The molecule has 1 aliphatic rings. The minimum absolute atomic E-state index is 0.0352. The summed E-state index contributed by atoms with van der Waals surface area (Å²) in [6, 6.07) is 12.4. The number of carbonyl (C=O) groups is 3. The van der Waals surface area contributed by atoms with Crippen LogP contribution in [-0.4, -0.2) is 41.8 Å². The highest BCUT2D eigenvalue weighted by atomic mass is 35.5. The van der Waals surface area contributed by atoms with Crippen molar-refractivity contribution < 1.29 is 40.7 Å². The average Bonchev–Trinajstić information content (AvgIpc) is 3.12. The normalized spacial score (nSPS) is 16.1. The van der Waals surface area contributed by atoms with E-state index in [0.717, 1.165) is 16.5 Å². The maximum absolute atomic E-state index is 13.4. The fraction of sp³-hybridized carbons (Fsp3) is 0.258. The highest BCUT2D eigenvalue weighted by molar-refractivity contribution is 6.30. The third-order valence-electron chi connectivity index (χ3n) is 7.09. The van der Waals surface area contributed by atoms with E-state index in [1.54, 1.807) is 36.4 Å². The van der Waals surface area contributed by atoms with Crippen LogP contribution in [0.25, 0.3) is 0 Å². The third kappa shape index (κ3) is 8.19. The van der Waals surface area contributed by atoms with Crippen molar-refractivity contribution in [2.45, 2.75) is 43.7 Å². The quantitative estimate of drug-likeness (QED) is 0.224. The monoisotopic (exact) mass is 637 g/mol. The third-order valence-corrected chi connectivity index (χ3v) is 7.34. The summed E-state index contributed by atoms with van der Waals surface area (Å²) in [6.07, 6.45) is -7.05. The summed E-state index contributed by atoms with van der Waals surface area (Å²) < 4.78 is 80.5. The number of anilines is 1. The number of benzene rings is 3. The van der Waals surface area contributed by atoms with Crippen molar-refractivity contribution in [2.24, 2.45) is 0 Å². The van der Waals surface area contributed by atoms with E-state index in [-0.39, 0.29) is 12.5 Å². The lowest BCUT2D eigenvalue weighted by atomic mass is 10.0. The van der Waals surface area contributed by atoms with Gasteiger partial charge in [0.25, 0.3) is 5.91 Å². The summed E-state index contributed by atoms with van der Waals surface area (Å²) >= 11 is 5.94. The Labute approximate surface area is 253 Å². The molecular weight excluding hydrogens is 612 g/mol. The molecule has 4 rings (SSSR count). The van der Waals surface area contributed by atoms with E-state index in [4.69, 9.17) is 11.6 Å². The van der Waals surface area contributed by atoms with Gasteiger partial charge in [-0.1, -0.05) is 48.0 Å². The molecule has 6 nitrogen and oxygen atoms in total. The van der Waals surface area contributed by atoms with E-state index >= 15 is 0 Å². The minimum atomic E-state index is -5.14. The van der Waals surface area contributed by atoms with Crippen LogP contribution in [0.3, 0.4) is 0 Å². The Balaban J connectivity index is 1.58. The number of para-hydroxylation sites is 1. The summed E-state index contributed by atoms with van der Waals surface area (Å²) in [4.78, 5) is 39.8. The second kappa shape index (κ2) is 13.1. The van der Waals surface area contributed by atoms with Crippen LogP contribution in [0.15, 0.2) is 78.9 Å². The van der Waals surface area contributed by atoms with Crippen LogP contribution >= 0.6 is 11.6 Å². The maximum Gasteiger partial charge on any atom is 0.416 e. The fourth-order valence-corrected chi connectivity index (χ4v) is 4.82. The standard InChI is InChI=1S/C31H26ClF6N3O3/c1-41(29(44)20-15-21(30(33,34)35)17-22(16-20)31(36,37)38)24(14-18-6-9-23(32)10-7-18)11-13-27(42)39-26-12-8-19-4-2-3-5-25(19)40-28(26)43/h2-7,9-11,13,15-17,24,26H,8,12,14H2,1H3,(H,39,42)(H,40,43). The van der Waals surface area contributed by atoms with Crippen LogP contribution in [0.2, 0.25) is 5.02 Å². The number of halogens is 7. The van der Waals surface area contributed by atoms with Gasteiger partial charge in [0.15, 0.2) is 0 Å². The number of alkyl halides is 6. The van der Waals surface area contributed by atoms with Crippen molar-refractivity contribution in [1.29, 1.82) is 0 Å². The molecular formula is C31H26ClF6N3O3. The Bertz CT molecular complexity index is 1540. The zero-order valence-corrected chi connectivity index (χ0v) is 23.9. The molecule has 232 valence electrons. The van der Waals surface area contributed by atoms with Gasteiger partial charge < -0.3 is 15.5 Å². The Morgan fingerprint density at radius 1 is 1.00 bits per heavy atom. The van der Waals surface area contributed by atoms with Crippen LogP contribution < -0.4 is 10.6 Å². The first kappa shape index (κ1) is 32.6. The van der Waals surface area contributed by atoms with Crippen LogP contribution in [0.1, 0.15) is 39.0 Å². The first-order valence-corrected chi connectivity index (χ1v) is 13.7. The summed E-state index contributed by atoms with van der Waals surface area (Å²) in [6.45, 7) is 0. The number of amides is 3. The van der Waals surface area contributed by atoms with E-state index in [0.29, 0.717) is 41.2 Å². The van der Waals surface area contributed by atoms with E-state index < -0.39 is 58.8 Å². The predicted molar refractivity (Wildman–Crippen MR) is 152 cm³/mol. The van der Waals surface area contributed by atoms with Gasteiger partial charge in [0.05, 0.1) is 17.2 Å². The van der Waals surface area contributed by atoms with Crippen molar-refractivity contribution in [1.82, 2.24) is 10.2 Å². The molecule has 3 aromatic carbocycles. The smallest absolute Gasteiger partial charge is 0.341 e. The van der Waals surface area contributed by atoms with Crippen molar-refractivity contribution in [3.8, 4) is 0 Å². The zero-order valence-electron chi connectivity index (χ0n) is 23.1. The molecule has 0 aromatic heterocycles. The van der Waals surface area contributed by atoms with Crippen LogP contribution in [0, 0.1) is 0 Å². The molecule has 13 heteroatoms. The van der Waals surface area contributed by atoms with Gasteiger partial charge in [0.1, 0.15) is 6.04 Å². The van der Waals surface area contributed by atoms with Gasteiger partial charge in [0.2, 0.25) is 11.8 Å². The lowest BCUT2D eigenvalue weighted by Gasteiger charge is -2.27.